The van der Waals surface area contributed by atoms with Gasteiger partial charge < -0.3 is 9.64 Å². The van der Waals surface area contributed by atoms with Crippen LogP contribution in [0.15, 0.2) is 30.3 Å². The van der Waals surface area contributed by atoms with E-state index in [0.29, 0.717) is 13.1 Å². The number of amides is 1. The van der Waals surface area contributed by atoms with Crippen LogP contribution in [0, 0.1) is 0 Å². The number of alkyl halides is 1. The molecule has 16 heavy (non-hydrogen) atoms. The fourth-order valence-electron chi connectivity index (χ4n) is 1.31. The van der Waals surface area contributed by atoms with Crippen molar-refractivity contribution in [2.75, 3.05) is 25.0 Å². The number of halogens is 1. The molecule has 0 bridgehead atoms. The molecule has 3 nitrogen and oxygen atoms in total. The summed E-state index contributed by atoms with van der Waals surface area (Å²) in [4.78, 5) is 13.5. The molecule has 0 atom stereocenters. The Hall–Kier alpha value is -1.03. The van der Waals surface area contributed by atoms with E-state index in [9.17, 15) is 4.79 Å². The average Bonchev–Trinajstić information content (AvgIpc) is 2.34. The van der Waals surface area contributed by atoms with E-state index in [2.05, 4.69) is 15.9 Å². The van der Waals surface area contributed by atoms with E-state index >= 15 is 0 Å². The first-order valence-corrected chi connectivity index (χ1v) is 6.41. The van der Waals surface area contributed by atoms with Crippen LogP contribution >= 0.6 is 15.9 Å². The molecule has 0 aliphatic carbocycles. The van der Waals surface area contributed by atoms with Crippen molar-refractivity contribution in [2.24, 2.45) is 0 Å². The Labute approximate surface area is 105 Å². The summed E-state index contributed by atoms with van der Waals surface area (Å²) >= 11 is 3.32. The Morgan fingerprint density at radius 2 is 2.06 bits per heavy atom. The van der Waals surface area contributed by atoms with Crippen LogP contribution in [0.25, 0.3) is 0 Å². The maximum atomic E-state index is 11.7. The normalized spacial score (nSPS) is 9.88. The number of para-hydroxylation sites is 1. The van der Waals surface area contributed by atoms with E-state index in [1.807, 2.05) is 37.3 Å². The third kappa shape index (κ3) is 4.23. The van der Waals surface area contributed by atoms with Gasteiger partial charge in [0.15, 0.2) is 6.61 Å². The van der Waals surface area contributed by atoms with Crippen LogP contribution in [-0.4, -0.2) is 35.8 Å². The summed E-state index contributed by atoms with van der Waals surface area (Å²) in [6, 6.07) is 9.37. The zero-order valence-electron chi connectivity index (χ0n) is 9.36. The van der Waals surface area contributed by atoms with Gasteiger partial charge in [-0.2, -0.15) is 0 Å². The Kier molecular flexibility index (Phi) is 5.93. The number of rotatable bonds is 6. The fraction of sp³-hybridized carbons (Fsp3) is 0.417. The maximum absolute atomic E-state index is 11.7. The zero-order chi connectivity index (χ0) is 11.8. The molecule has 0 aromatic heterocycles. The number of ether oxygens (including phenoxy) is 1. The highest BCUT2D eigenvalue weighted by atomic mass is 79.9. The Bertz CT molecular complexity index is 316. The summed E-state index contributed by atoms with van der Waals surface area (Å²) in [5.74, 6) is 0.747. The SMILES string of the molecule is CCN(CCBr)C(=O)COc1ccccc1. The quantitative estimate of drug-likeness (QED) is 0.751. The van der Waals surface area contributed by atoms with E-state index in [1.165, 1.54) is 0 Å². The predicted octanol–water partition coefficient (Wildman–Crippen LogP) is 2.31. The van der Waals surface area contributed by atoms with Crippen LogP contribution in [0.1, 0.15) is 6.92 Å². The van der Waals surface area contributed by atoms with Gasteiger partial charge in [0.1, 0.15) is 5.75 Å². The Morgan fingerprint density at radius 3 is 2.62 bits per heavy atom. The molecule has 0 saturated heterocycles. The van der Waals surface area contributed by atoms with Gasteiger partial charge in [-0.15, -0.1) is 0 Å². The van der Waals surface area contributed by atoms with Crippen molar-refractivity contribution in [1.82, 2.24) is 4.90 Å². The first-order chi connectivity index (χ1) is 7.77. The summed E-state index contributed by atoms with van der Waals surface area (Å²) in [6.07, 6.45) is 0. The highest BCUT2D eigenvalue weighted by molar-refractivity contribution is 9.09. The lowest BCUT2D eigenvalue weighted by molar-refractivity contribution is -0.132. The Morgan fingerprint density at radius 1 is 1.38 bits per heavy atom. The second-order valence-corrected chi connectivity index (χ2v) is 4.06. The monoisotopic (exact) mass is 285 g/mol. The van der Waals surface area contributed by atoms with Gasteiger partial charge in [-0.05, 0) is 19.1 Å². The lowest BCUT2D eigenvalue weighted by Crippen LogP contribution is -2.36. The van der Waals surface area contributed by atoms with Crippen molar-refractivity contribution < 1.29 is 9.53 Å². The van der Waals surface area contributed by atoms with Crippen LogP contribution in [-0.2, 0) is 4.79 Å². The molecule has 0 unspecified atom stereocenters. The minimum Gasteiger partial charge on any atom is -0.484 e. The molecular weight excluding hydrogens is 270 g/mol. The van der Waals surface area contributed by atoms with E-state index in [1.54, 1.807) is 4.90 Å². The molecule has 0 aliphatic rings. The van der Waals surface area contributed by atoms with Crippen LogP contribution in [0.3, 0.4) is 0 Å². The topological polar surface area (TPSA) is 29.5 Å². The summed E-state index contributed by atoms with van der Waals surface area (Å²) in [5.41, 5.74) is 0. The van der Waals surface area contributed by atoms with Gasteiger partial charge in [0.05, 0.1) is 0 Å². The van der Waals surface area contributed by atoms with E-state index < -0.39 is 0 Å². The molecule has 0 spiro atoms. The molecule has 0 saturated carbocycles. The molecule has 1 amide bonds. The number of hydrogen-bond acceptors (Lipinski definition) is 2. The van der Waals surface area contributed by atoms with Gasteiger partial charge in [0.25, 0.3) is 5.91 Å². The van der Waals surface area contributed by atoms with Gasteiger partial charge in [-0.3, -0.25) is 4.79 Å². The first kappa shape index (κ1) is 13.0. The lowest BCUT2D eigenvalue weighted by atomic mass is 10.3. The fourth-order valence-corrected chi connectivity index (χ4v) is 1.74. The van der Waals surface area contributed by atoms with Crippen molar-refractivity contribution in [3.63, 3.8) is 0 Å². The second kappa shape index (κ2) is 7.28. The number of nitrogens with zero attached hydrogens (tertiary/aromatic N) is 1. The standard InChI is InChI=1S/C12H16BrNO2/c1-2-14(9-8-13)12(15)10-16-11-6-4-3-5-7-11/h3-7H,2,8-10H2,1H3. The van der Waals surface area contributed by atoms with Gasteiger partial charge >= 0.3 is 0 Å². The maximum Gasteiger partial charge on any atom is 0.260 e. The van der Waals surface area contributed by atoms with E-state index in [0.717, 1.165) is 11.1 Å². The number of carbonyl (C=O) groups is 1. The minimum atomic E-state index is 0.0193. The molecule has 0 N–H and O–H groups in total. The smallest absolute Gasteiger partial charge is 0.260 e. The van der Waals surface area contributed by atoms with Gasteiger partial charge in [-0.1, -0.05) is 34.1 Å². The molecule has 1 rings (SSSR count). The first-order valence-electron chi connectivity index (χ1n) is 5.29. The van der Waals surface area contributed by atoms with Gasteiger partial charge in [0.2, 0.25) is 0 Å². The van der Waals surface area contributed by atoms with Crippen LogP contribution in [0.4, 0.5) is 0 Å². The van der Waals surface area contributed by atoms with Gasteiger partial charge in [0, 0.05) is 18.4 Å². The third-order valence-corrected chi connectivity index (χ3v) is 2.55. The predicted molar refractivity (Wildman–Crippen MR) is 68.0 cm³/mol. The van der Waals surface area contributed by atoms with Crippen molar-refractivity contribution in [1.29, 1.82) is 0 Å². The highest BCUT2D eigenvalue weighted by Gasteiger charge is 2.10. The summed E-state index contributed by atoms with van der Waals surface area (Å²) in [7, 11) is 0. The molecular formula is C12H16BrNO2. The largest absolute Gasteiger partial charge is 0.484 e. The molecule has 0 radical (unpaired) electrons. The molecule has 0 heterocycles. The van der Waals surface area contributed by atoms with Crippen molar-refractivity contribution in [3.8, 4) is 5.75 Å². The second-order valence-electron chi connectivity index (χ2n) is 3.26. The molecule has 1 aromatic carbocycles. The third-order valence-electron chi connectivity index (χ3n) is 2.19. The number of carbonyl (C=O) groups excluding carboxylic acids is 1. The molecule has 0 aliphatic heterocycles. The van der Waals surface area contributed by atoms with Gasteiger partial charge in [-0.25, -0.2) is 0 Å². The number of likely N-dealkylation sites (N-methyl/N-ethyl adjacent to an activating group) is 1. The summed E-state index contributed by atoms with van der Waals surface area (Å²) < 4.78 is 5.39. The van der Waals surface area contributed by atoms with Crippen LogP contribution in [0.5, 0.6) is 5.75 Å². The van der Waals surface area contributed by atoms with Crippen molar-refractivity contribution >= 4 is 21.8 Å². The summed E-state index contributed by atoms with van der Waals surface area (Å²) in [5, 5.41) is 0.790. The molecule has 4 heteroatoms. The number of benzene rings is 1. The number of hydrogen-bond donors (Lipinski definition) is 0. The molecule has 1 aromatic rings. The van der Waals surface area contributed by atoms with E-state index in [-0.39, 0.29) is 12.5 Å². The minimum absolute atomic E-state index is 0.0193. The van der Waals surface area contributed by atoms with Crippen LogP contribution in [0.2, 0.25) is 0 Å². The molecule has 88 valence electrons. The van der Waals surface area contributed by atoms with Crippen molar-refractivity contribution in [2.45, 2.75) is 6.92 Å². The van der Waals surface area contributed by atoms with Crippen LogP contribution < -0.4 is 4.74 Å². The summed E-state index contributed by atoms with van der Waals surface area (Å²) in [6.45, 7) is 3.49. The Balaban J connectivity index is 2.40. The average molecular weight is 286 g/mol. The van der Waals surface area contributed by atoms with E-state index in [4.69, 9.17) is 4.74 Å². The molecule has 0 fully saturated rings. The highest BCUT2D eigenvalue weighted by Crippen LogP contribution is 2.08. The lowest BCUT2D eigenvalue weighted by Gasteiger charge is -2.19. The van der Waals surface area contributed by atoms with Crippen molar-refractivity contribution in [3.05, 3.63) is 30.3 Å². The zero-order valence-corrected chi connectivity index (χ0v) is 10.9.